The minimum absolute atomic E-state index is 0.169. The lowest BCUT2D eigenvalue weighted by molar-refractivity contribution is -0.117. The SMILES string of the molecule is CC(=O)CC[O][Al]. The van der Waals surface area contributed by atoms with Gasteiger partial charge in [-0.05, 0) is 6.92 Å². The van der Waals surface area contributed by atoms with Gasteiger partial charge in [-0.3, -0.25) is 4.79 Å². The molecule has 0 aromatic heterocycles. The van der Waals surface area contributed by atoms with Crippen LogP contribution in [0.3, 0.4) is 0 Å². The molecule has 0 heterocycles. The van der Waals surface area contributed by atoms with Gasteiger partial charge in [0.15, 0.2) is 0 Å². The summed E-state index contributed by atoms with van der Waals surface area (Å²) in [5, 5.41) is 0. The van der Waals surface area contributed by atoms with E-state index in [2.05, 4.69) is 20.4 Å². The van der Waals surface area contributed by atoms with E-state index in [9.17, 15) is 4.79 Å². The molecule has 0 N–H and O–H groups in total. The molecule has 0 amide bonds. The molecular formula is C4H7AlO2. The van der Waals surface area contributed by atoms with Gasteiger partial charge in [-0.25, -0.2) is 0 Å². The van der Waals surface area contributed by atoms with Gasteiger partial charge < -0.3 is 3.79 Å². The maximum absolute atomic E-state index is 10.1. The molecule has 7 heavy (non-hydrogen) atoms. The summed E-state index contributed by atoms with van der Waals surface area (Å²) in [4.78, 5) is 10.1. The Labute approximate surface area is 51.6 Å². The van der Waals surface area contributed by atoms with E-state index in [1.54, 1.807) is 6.92 Å². The van der Waals surface area contributed by atoms with Gasteiger partial charge in [-0.1, -0.05) is 0 Å². The molecule has 3 heteroatoms. The van der Waals surface area contributed by atoms with Crippen molar-refractivity contribution in [2.75, 3.05) is 6.61 Å². The minimum Gasteiger partial charge on any atom is -0.516 e. The Morgan fingerprint density at radius 1 is 1.86 bits per heavy atom. The molecule has 0 bridgehead atoms. The molecule has 0 aromatic rings. The van der Waals surface area contributed by atoms with Crippen LogP contribution in [-0.4, -0.2) is 29.0 Å². The highest BCUT2D eigenvalue weighted by Crippen LogP contribution is 1.78. The summed E-state index contributed by atoms with van der Waals surface area (Å²) in [5.74, 6) is 0.169. The average Bonchev–Trinajstić information content (AvgIpc) is 1.61. The van der Waals surface area contributed by atoms with Crippen LogP contribution in [0.5, 0.6) is 0 Å². The molecular weight excluding hydrogens is 107 g/mol. The molecule has 2 nitrogen and oxygen atoms in total. The Balaban J connectivity index is 2.82. The second-order valence-corrected chi connectivity index (χ2v) is 1.66. The van der Waals surface area contributed by atoms with Crippen LogP contribution in [0.1, 0.15) is 13.3 Å². The molecule has 0 fully saturated rings. The van der Waals surface area contributed by atoms with E-state index in [-0.39, 0.29) is 5.78 Å². The largest absolute Gasteiger partial charge is 0.516 e. The zero-order valence-corrected chi connectivity index (χ0v) is 5.46. The molecule has 0 rings (SSSR count). The third-order valence-electron chi connectivity index (χ3n) is 0.572. The molecule has 0 unspecified atom stereocenters. The van der Waals surface area contributed by atoms with Gasteiger partial charge in [0.2, 0.25) is 0 Å². The van der Waals surface area contributed by atoms with E-state index in [0.29, 0.717) is 13.0 Å². The average molecular weight is 114 g/mol. The van der Waals surface area contributed by atoms with E-state index in [1.165, 1.54) is 0 Å². The van der Waals surface area contributed by atoms with Crippen LogP contribution in [0.4, 0.5) is 0 Å². The standard InChI is InChI=1S/C4H7O2.Al/c1-4(6)2-3-5;/h2-3H2,1H3;/q-1;+1. The molecule has 0 aliphatic heterocycles. The molecule has 0 aliphatic rings. The molecule has 0 aliphatic carbocycles. The lowest BCUT2D eigenvalue weighted by Gasteiger charge is -1.91. The fourth-order valence-electron chi connectivity index (χ4n) is 0.203. The fraction of sp³-hybridized carbons (Fsp3) is 0.750. The van der Waals surface area contributed by atoms with Crippen molar-refractivity contribution in [3.8, 4) is 0 Å². The summed E-state index contributed by atoms with van der Waals surface area (Å²) in [6.07, 6.45) is 0.517. The highest BCUT2D eigenvalue weighted by molar-refractivity contribution is 5.98. The second kappa shape index (κ2) is 4.32. The van der Waals surface area contributed by atoms with E-state index in [0.717, 1.165) is 0 Å². The Morgan fingerprint density at radius 2 is 2.43 bits per heavy atom. The van der Waals surface area contributed by atoms with Crippen molar-refractivity contribution < 1.29 is 8.58 Å². The number of rotatable bonds is 3. The number of carbonyl (C=O) groups excluding carboxylic acids is 1. The second-order valence-electron chi connectivity index (χ2n) is 1.32. The van der Waals surface area contributed by atoms with Crippen LogP contribution < -0.4 is 0 Å². The monoisotopic (exact) mass is 114 g/mol. The summed E-state index contributed by atoms with van der Waals surface area (Å²) in [5.41, 5.74) is 0. The van der Waals surface area contributed by atoms with Crippen LogP contribution in [0.15, 0.2) is 0 Å². The van der Waals surface area contributed by atoms with Crippen molar-refractivity contribution in [2.45, 2.75) is 13.3 Å². The topological polar surface area (TPSA) is 26.3 Å². The molecule has 0 saturated carbocycles. The molecule has 0 saturated heterocycles. The Kier molecular flexibility index (Phi) is 4.43. The van der Waals surface area contributed by atoms with Gasteiger partial charge in [-0.2, -0.15) is 0 Å². The zero-order valence-electron chi connectivity index (χ0n) is 4.31. The Hall–Kier alpha value is 0.162. The lowest BCUT2D eigenvalue weighted by atomic mass is 10.3. The summed E-state index contributed by atoms with van der Waals surface area (Å²) in [6, 6.07) is 0. The van der Waals surface area contributed by atoms with Crippen molar-refractivity contribution in [3.05, 3.63) is 0 Å². The Bertz CT molecular complexity index is 62.7. The van der Waals surface area contributed by atoms with Gasteiger partial charge in [0.05, 0.1) is 0 Å². The zero-order chi connectivity index (χ0) is 5.70. The number of hydrogen-bond acceptors (Lipinski definition) is 2. The van der Waals surface area contributed by atoms with Gasteiger partial charge in [0, 0.05) is 13.0 Å². The van der Waals surface area contributed by atoms with Gasteiger partial charge >= 0.3 is 16.6 Å². The van der Waals surface area contributed by atoms with Crippen molar-refractivity contribution in [1.82, 2.24) is 0 Å². The minimum atomic E-state index is 0.169. The van der Waals surface area contributed by atoms with E-state index >= 15 is 0 Å². The smallest absolute Gasteiger partial charge is 0.369 e. The molecule has 0 aromatic carbocycles. The van der Waals surface area contributed by atoms with Gasteiger partial charge in [0.25, 0.3) is 0 Å². The third-order valence-corrected chi connectivity index (χ3v) is 0.808. The quantitative estimate of drug-likeness (QED) is 0.485. The summed E-state index contributed by atoms with van der Waals surface area (Å²) < 4.78 is 4.55. The van der Waals surface area contributed by atoms with Crippen molar-refractivity contribution in [3.63, 3.8) is 0 Å². The van der Waals surface area contributed by atoms with Crippen LogP contribution in [-0.2, 0) is 8.58 Å². The summed E-state index contributed by atoms with van der Waals surface area (Å²) in [7, 11) is 0. The number of hydrogen-bond donors (Lipinski definition) is 0. The van der Waals surface area contributed by atoms with Gasteiger partial charge in [-0.15, -0.1) is 0 Å². The number of carbonyl (C=O) groups is 1. The van der Waals surface area contributed by atoms with Crippen molar-refractivity contribution >= 4 is 22.4 Å². The van der Waals surface area contributed by atoms with Crippen molar-refractivity contribution in [2.24, 2.45) is 0 Å². The first-order valence-electron chi connectivity index (χ1n) is 2.08. The van der Waals surface area contributed by atoms with E-state index in [4.69, 9.17) is 0 Å². The molecule has 0 atom stereocenters. The number of Topliss-reactive ketones (excluding diaryl/α,β-unsaturated/α-hetero) is 1. The van der Waals surface area contributed by atoms with E-state index in [1.807, 2.05) is 0 Å². The molecule has 38 valence electrons. The summed E-state index contributed by atoms with van der Waals surface area (Å²) >= 11 is 2.09. The third kappa shape index (κ3) is 6.16. The van der Waals surface area contributed by atoms with E-state index < -0.39 is 0 Å². The van der Waals surface area contributed by atoms with Crippen LogP contribution >= 0.6 is 0 Å². The first-order valence-corrected chi connectivity index (χ1v) is 2.55. The first kappa shape index (κ1) is 7.16. The van der Waals surface area contributed by atoms with Crippen LogP contribution in [0.25, 0.3) is 0 Å². The lowest BCUT2D eigenvalue weighted by Crippen LogP contribution is -1.96. The maximum Gasteiger partial charge on any atom is 0.369 e. The first-order chi connectivity index (χ1) is 3.27. The highest BCUT2D eigenvalue weighted by atomic mass is 27.1. The van der Waals surface area contributed by atoms with Crippen molar-refractivity contribution in [1.29, 1.82) is 0 Å². The molecule has 2 radical (unpaired) electrons. The Morgan fingerprint density at radius 3 is 2.57 bits per heavy atom. The number of ketones is 1. The van der Waals surface area contributed by atoms with Gasteiger partial charge in [0.1, 0.15) is 5.78 Å². The predicted octanol–water partition coefficient (Wildman–Crippen LogP) is 0.0656. The maximum atomic E-state index is 10.1. The summed E-state index contributed by atoms with van der Waals surface area (Å²) in [6.45, 7) is 2.06. The fourth-order valence-corrected chi connectivity index (χ4v) is 0.321. The predicted molar refractivity (Wildman–Crippen MR) is 27.0 cm³/mol. The van der Waals surface area contributed by atoms with Crippen LogP contribution in [0.2, 0.25) is 0 Å². The normalized spacial score (nSPS) is 8.71. The highest BCUT2D eigenvalue weighted by Gasteiger charge is 1.86. The van der Waals surface area contributed by atoms with Crippen LogP contribution in [0, 0.1) is 0 Å². The molecule has 0 spiro atoms.